The topological polar surface area (TPSA) is 26.3 Å². The van der Waals surface area contributed by atoms with E-state index in [-0.39, 0.29) is 5.97 Å². The molecule has 0 aliphatic carbocycles. The summed E-state index contributed by atoms with van der Waals surface area (Å²) in [4.78, 5) is 11.8. The first-order chi connectivity index (χ1) is 10.3. The zero-order valence-corrected chi connectivity index (χ0v) is 15.6. The van der Waals surface area contributed by atoms with Gasteiger partial charge in [-0.3, -0.25) is 4.79 Å². The minimum Gasteiger partial charge on any atom is -0.466 e. The second kappa shape index (κ2) is 12.5. The Hall–Kier alpha value is -1.05. The van der Waals surface area contributed by atoms with Crippen LogP contribution in [0.1, 0.15) is 80.1 Å². The van der Waals surface area contributed by atoms with Crippen molar-refractivity contribution in [2.45, 2.75) is 80.1 Å². The molecule has 22 heavy (non-hydrogen) atoms. The Kier molecular flexibility index (Phi) is 11.9. The fraction of sp³-hybridized carbons (Fsp3) is 0.750. The van der Waals surface area contributed by atoms with Gasteiger partial charge in [-0.15, -0.1) is 0 Å². The summed E-state index contributed by atoms with van der Waals surface area (Å²) in [5.74, 6) is 0.970. The molecule has 0 heterocycles. The Labute approximate surface area is 138 Å². The Bertz CT molecular complexity index is 358. The van der Waals surface area contributed by atoms with E-state index in [1.807, 2.05) is 0 Å². The fourth-order valence-corrected chi connectivity index (χ4v) is 2.28. The van der Waals surface area contributed by atoms with Crippen LogP contribution in [0, 0.1) is 11.8 Å². The molecule has 0 aliphatic rings. The average molecular weight is 309 g/mol. The molecule has 0 N–H and O–H groups in total. The Morgan fingerprint density at radius 3 is 1.86 bits per heavy atom. The monoisotopic (exact) mass is 308 g/mol. The maximum absolute atomic E-state index is 11.8. The van der Waals surface area contributed by atoms with Crippen LogP contribution in [-0.4, -0.2) is 12.6 Å². The van der Waals surface area contributed by atoms with Crippen LogP contribution in [0.4, 0.5) is 0 Å². The summed E-state index contributed by atoms with van der Waals surface area (Å²) >= 11 is 0. The van der Waals surface area contributed by atoms with Crippen LogP contribution >= 0.6 is 0 Å². The standard InChI is InChI=1S/C20H36O2/c1-16(2)9-7-11-18(5)13-14-22-20(21)15-19(6)12-8-10-17(3)4/h9-10,18-19H,7-8,11-15H2,1-6H3/t18?,19-/m1/s1. The second-order valence-electron chi connectivity index (χ2n) is 7.14. The number of allylic oxidation sites excluding steroid dienone is 4. The van der Waals surface area contributed by atoms with Gasteiger partial charge in [0.05, 0.1) is 6.61 Å². The van der Waals surface area contributed by atoms with Crippen molar-refractivity contribution in [1.82, 2.24) is 0 Å². The summed E-state index contributed by atoms with van der Waals surface area (Å²) in [5, 5.41) is 0. The Balaban J connectivity index is 3.72. The van der Waals surface area contributed by atoms with Gasteiger partial charge in [0, 0.05) is 6.42 Å². The summed E-state index contributed by atoms with van der Waals surface area (Å²) in [5.41, 5.74) is 2.72. The maximum Gasteiger partial charge on any atom is 0.306 e. The molecule has 2 heteroatoms. The summed E-state index contributed by atoms with van der Waals surface area (Å²) in [6, 6.07) is 0. The molecule has 1 unspecified atom stereocenters. The van der Waals surface area contributed by atoms with E-state index >= 15 is 0 Å². The number of carbonyl (C=O) groups is 1. The molecule has 0 rings (SSSR count). The highest BCUT2D eigenvalue weighted by atomic mass is 16.5. The van der Waals surface area contributed by atoms with Crippen molar-refractivity contribution >= 4 is 5.97 Å². The molecule has 0 amide bonds. The van der Waals surface area contributed by atoms with E-state index in [2.05, 4.69) is 53.7 Å². The van der Waals surface area contributed by atoms with Crippen LogP contribution in [-0.2, 0) is 9.53 Å². The molecule has 2 atom stereocenters. The van der Waals surface area contributed by atoms with Gasteiger partial charge in [-0.1, -0.05) is 37.1 Å². The first-order valence-corrected chi connectivity index (χ1v) is 8.73. The molecule has 128 valence electrons. The van der Waals surface area contributed by atoms with Gasteiger partial charge in [-0.2, -0.15) is 0 Å². The van der Waals surface area contributed by atoms with Crippen LogP contribution in [0.25, 0.3) is 0 Å². The molecule has 0 aromatic carbocycles. The predicted molar refractivity (Wildman–Crippen MR) is 95.9 cm³/mol. The number of esters is 1. The highest BCUT2D eigenvalue weighted by molar-refractivity contribution is 5.69. The third-order valence-corrected chi connectivity index (χ3v) is 3.81. The van der Waals surface area contributed by atoms with Gasteiger partial charge in [0.25, 0.3) is 0 Å². The lowest BCUT2D eigenvalue weighted by molar-refractivity contribution is -0.145. The number of carbonyl (C=O) groups excluding carboxylic acids is 1. The molecular weight excluding hydrogens is 272 g/mol. The number of ether oxygens (including phenoxy) is 1. The van der Waals surface area contributed by atoms with Crippen molar-refractivity contribution in [3.63, 3.8) is 0 Å². The quantitative estimate of drug-likeness (QED) is 0.342. The first kappa shape index (κ1) is 20.9. The van der Waals surface area contributed by atoms with Crippen molar-refractivity contribution in [2.75, 3.05) is 6.61 Å². The highest BCUT2D eigenvalue weighted by Gasteiger charge is 2.10. The molecular formula is C20H36O2. The minimum absolute atomic E-state index is 0.0406. The molecule has 0 aromatic rings. The molecule has 0 aromatic heterocycles. The molecule has 0 saturated heterocycles. The lowest BCUT2D eigenvalue weighted by atomic mass is 10.0. The van der Waals surface area contributed by atoms with Gasteiger partial charge in [0.2, 0.25) is 0 Å². The van der Waals surface area contributed by atoms with Gasteiger partial charge in [0.15, 0.2) is 0 Å². The van der Waals surface area contributed by atoms with Crippen molar-refractivity contribution < 1.29 is 9.53 Å². The van der Waals surface area contributed by atoms with Crippen molar-refractivity contribution in [3.8, 4) is 0 Å². The van der Waals surface area contributed by atoms with Gasteiger partial charge in [0.1, 0.15) is 0 Å². The number of rotatable bonds is 11. The van der Waals surface area contributed by atoms with Crippen LogP contribution < -0.4 is 0 Å². The van der Waals surface area contributed by atoms with E-state index < -0.39 is 0 Å². The molecule has 2 nitrogen and oxygen atoms in total. The number of hydrogen-bond acceptors (Lipinski definition) is 2. The van der Waals surface area contributed by atoms with Crippen molar-refractivity contribution in [1.29, 1.82) is 0 Å². The summed E-state index contributed by atoms with van der Waals surface area (Å²) in [6.07, 6.45) is 10.4. The zero-order valence-electron chi connectivity index (χ0n) is 15.6. The van der Waals surface area contributed by atoms with Crippen LogP contribution in [0.15, 0.2) is 23.3 Å². The SMILES string of the molecule is CC(C)=CCCC(C)CCOC(=O)C[C@H](C)CCC=C(C)C. The molecule has 0 radical (unpaired) electrons. The number of hydrogen-bond donors (Lipinski definition) is 0. The largest absolute Gasteiger partial charge is 0.466 e. The normalized spacial score (nSPS) is 13.2. The van der Waals surface area contributed by atoms with E-state index in [4.69, 9.17) is 4.74 Å². The molecule has 0 bridgehead atoms. The van der Waals surface area contributed by atoms with E-state index in [0.717, 1.165) is 25.7 Å². The second-order valence-corrected chi connectivity index (χ2v) is 7.14. The van der Waals surface area contributed by atoms with Crippen LogP contribution in [0.3, 0.4) is 0 Å². The van der Waals surface area contributed by atoms with Gasteiger partial charge in [-0.25, -0.2) is 0 Å². The summed E-state index contributed by atoms with van der Waals surface area (Å²) < 4.78 is 5.37. The van der Waals surface area contributed by atoms with Crippen molar-refractivity contribution in [3.05, 3.63) is 23.3 Å². The molecule has 0 fully saturated rings. The first-order valence-electron chi connectivity index (χ1n) is 8.73. The fourth-order valence-electron chi connectivity index (χ4n) is 2.28. The van der Waals surface area contributed by atoms with E-state index in [0.29, 0.717) is 24.9 Å². The molecule has 0 aliphatic heterocycles. The third kappa shape index (κ3) is 13.9. The summed E-state index contributed by atoms with van der Waals surface area (Å²) in [6.45, 7) is 13.4. The lowest BCUT2D eigenvalue weighted by Gasteiger charge is -2.12. The third-order valence-electron chi connectivity index (χ3n) is 3.81. The highest BCUT2D eigenvalue weighted by Crippen LogP contribution is 2.14. The minimum atomic E-state index is -0.0406. The summed E-state index contributed by atoms with van der Waals surface area (Å²) in [7, 11) is 0. The van der Waals surface area contributed by atoms with Gasteiger partial charge >= 0.3 is 5.97 Å². The Morgan fingerprint density at radius 1 is 0.864 bits per heavy atom. The van der Waals surface area contributed by atoms with E-state index in [1.54, 1.807) is 0 Å². The molecule has 0 saturated carbocycles. The molecule has 0 spiro atoms. The van der Waals surface area contributed by atoms with Crippen LogP contribution in [0.2, 0.25) is 0 Å². The lowest BCUT2D eigenvalue weighted by Crippen LogP contribution is -2.12. The van der Waals surface area contributed by atoms with Gasteiger partial charge in [-0.05, 0) is 71.6 Å². The van der Waals surface area contributed by atoms with E-state index in [1.165, 1.54) is 17.6 Å². The zero-order chi connectivity index (χ0) is 17.0. The maximum atomic E-state index is 11.8. The average Bonchev–Trinajstić information content (AvgIpc) is 2.37. The van der Waals surface area contributed by atoms with Gasteiger partial charge < -0.3 is 4.74 Å². The smallest absolute Gasteiger partial charge is 0.306 e. The predicted octanol–water partition coefficient (Wildman–Crippen LogP) is 6.07. The van der Waals surface area contributed by atoms with Crippen molar-refractivity contribution in [2.24, 2.45) is 11.8 Å². The Morgan fingerprint density at radius 2 is 1.36 bits per heavy atom. The van der Waals surface area contributed by atoms with Crippen LogP contribution in [0.5, 0.6) is 0 Å². The van der Waals surface area contributed by atoms with E-state index in [9.17, 15) is 4.79 Å².